The minimum atomic E-state index is -1.00. The Labute approximate surface area is 116 Å². The maximum Gasteiger partial charge on any atom is 0.324 e. The minimum Gasteiger partial charge on any atom is -0.451 e. The lowest BCUT2D eigenvalue weighted by atomic mass is 9.70. The van der Waals surface area contributed by atoms with Gasteiger partial charge in [-0.15, -0.1) is 0 Å². The van der Waals surface area contributed by atoms with Crippen molar-refractivity contribution in [2.24, 2.45) is 5.41 Å². The van der Waals surface area contributed by atoms with Gasteiger partial charge in [-0.25, -0.2) is 0 Å². The maximum absolute atomic E-state index is 12.7. The molecule has 5 aliphatic rings. The monoisotopic (exact) mass is 276 g/mol. The highest BCUT2D eigenvalue weighted by atomic mass is 16.6. The molecule has 5 nitrogen and oxygen atoms in total. The van der Waals surface area contributed by atoms with Gasteiger partial charge in [-0.2, -0.15) is 0 Å². The van der Waals surface area contributed by atoms with E-state index in [0.29, 0.717) is 12.2 Å². The molecule has 0 aromatic rings. The van der Waals surface area contributed by atoms with Crippen molar-refractivity contribution >= 4 is 11.9 Å². The number of hydrogen-bond donors (Lipinski definition) is 0. The molecule has 20 heavy (non-hydrogen) atoms. The molecule has 0 aromatic carbocycles. The summed E-state index contributed by atoms with van der Waals surface area (Å²) >= 11 is 0. The Morgan fingerprint density at radius 2 is 2.25 bits per heavy atom. The fraction of sp³-hybridized carbons (Fsp3) is 0.600. The molecule has 4 bridgehead atoms. The van der Waals surface area contributed by atoms with Gasteiger partial charge in [0, 0.05) is 13.0 Å². The van der Waals surface area contributed by atoms with E-state index in [4.69, 9.17) is 14.2 Å². The molecule has 0 aromatic heterocycles. The molecule has 1 aliphatic carbocycles. The Morgan fingerprint density at radius 1 is 1.45 bits per heavy atom. The second kappa shape index (κ2) is 3.34. The number of carbonyl (C=O) groups is 2. The Balaban J connectivity index is 1.98. The third-order valence-electron chi connectivity index (χ3n) is 5.02. The van der Waals surface area contributed by atoms with Crippen molar-refractivity contribution < 1.29 is 23.8 Å². The van der Waals surface area contributed by atoms with Crippen molar-refractivity contribution in [3.05, 3.63) is 24.0 Å². The third kappa shape index (κ3) is 1.14. The molecule has 4 aliphatic heterocycles. The number of ether oxygens (including phenoxy) is 3. The SMILES string of the molecule is CC(=O)OC1=C[C@@]2(C)OC(=O)[C@@]13CCC[C@@]31C=C[C@@H]2O1. The van der Waals surface area contributed by atoms with Crippen LogP contribution in [0, 0.1) is 5.41 Å². The van der Waals surface area contributed by atoms with Crippen molar-refractivity contribution in [1.82, 2.24) is 0 Å². The Hall–Kier alpha value is -1.62. The van der Waals surface area contributed by atoms with Gasteiger partial charge in [0.05, 0.1) is 0 Å². The van der Waals surface area contributed by atoms with E-state index < -0.39 is 22.6 Å². The summed E-state index contributed by atoms with van der Waals surface area (Å²) in [6, 6.07) is 0. The van der Waals surface area contributed by atoms with E-state index in [2.05, 4.69) is 0 Å². The van der Waals surface area contributed by atoms with Crippen LogP contribution < -0.4 is 0 Å². The van der Waals surface area contributed by atoms with E-state index >= 15 is 0 Å². The Kier molecular flexibility index (Phi) is 2.03. The number of fused-ring (bicyclic) bond motifs is 1. The summed E-state index contributed by atoms with van der Waals surface area (Å²) in [7, 11) is 0. The molecule has 2 spiro atoms. The van der Waals surface area contributed by atoms with E-state index in [1.165, 1.54) is 6.92 Å². The highest BCUT2D eigenvalue weighted by molar-refractivity contribution is 5.87. The third-order valence-corrected chi connectivity index (χ3v) is 5.02. The second-order valence-electron chi connectivity index (χ2n) is 6.22. The first kappa shape index (κ1) is 12.1. The second-order valence-corrected chi connectivity index (χ2v) is 6.22. The van der Waals surface area contributed by atoms with Crippen molar-refractivity contribution in [3.8, 4) is 0 Å². The van der Waals surface area contributed by atoms with Crippen molar-refractivity contribution in [2.45, 2.75) is 50.4 Å². The predicted molar refractivity (Wildman–Crippen MR) is 67.4 cm³/mol. The molecule has 4 heterocycles. The van der Waals surface area contributed by atoms with Crippen LogP contribution in [0.4, 0.5) is 0 Å². The molecule has 0 amide bonds. The van der Waals surface area contributed by atoms with Gasteiger partial charge in [-0.05, 0) is 26.2 Å². The first-order valence-electron chi connectivity index (χ1n) is 6.94. The molecule has 106 valence electrons. The van der Waals surface area contributed by atoms with Crippen molar-refractivity contribution in [3.63, 3.8) is 0 Å². The largest absolute Gasteiger partial charge is 0.451 e. The van der Waals surface area contributed by atoms with E-state index in [-0.39, 0.29) is 12.1 Å². The molecule has 0 N–H and O–H groups in total. The summed E-state index contributed by atoms with van der Waals surface area (Å²) in [4.78, 5) is 24.1. The van der Waals surface area contributed by atoms with Crippen LogP contribution in [0.15, 0.2) is 24.0 Å². The Bertz CT molecular complexity index is 591. The van der Waals surface area contributed by atoms with Crippen LogP contribution in [-0.4, -0.2) is 29.2 Å². The van der Waals surface area contributed by atoms with Crippen molar-refractivity contribution in [2.75, 3.05) is 0 Å². The van der Waals surface area contributed by atoms with E-state index in [1.807, 2.05) is 12.2 Å². The molecule has 4 atom stereocenters. The number of hydrogen-bond acceptors (Lipinski definition) is 5. The summed E-state index contributed by atoms with van der Waals surface area (Å²) in [5, 5.41) is 0. The normalized spacial score (nSPS) is 47.6. The average Bonchev–Trinajstić information content (AvgIpc) is 2.90. The van der Waals surface area contributed by atoms with Crippen LogP contribution >= 0.6 is 0 Å². The first-order chi connectivity index (χ1) is 9.42. The lowest BCUT2D eigenvalue weighted by molar-refractivity contribution is -0.171. The van der Waals surface area contributed by atoms with Crippen molar-refractivity contribution in [1.29, 1.82) is 0 Å². The molecular weight excluding hydrogens is 260 g/mol. The van der Waals surface area contributed by atoms with E-state index in [9.17, 15) is 9.59 Å². The topological polar surface area (TPSA) is 61.8 Å². The average molecular weight is 276 g/mol. The molecule has 0 radical (unpaired) electrons. The Morgan fingerprint density at radius 3 is 3.00 bits per heavy atom. The number of rotatable bonds is 1. The smallest absolute Gasteiger partial charge is 0.324 e. The fourth-order valence-corrected chi connectivity index (χ4v) is 4.10. The van der Waals surface area contributed by atoms with Gasteiger partial charge in [-0.1, -0.05) is 12.2 Å². The van der Waals surface area contributed by atoms with Crippen LogP contribution in [0.3, 0.4) is 0 Å². The summed E-state index contributed by atoms with van der Waals surface area (Å²) < 4.78 is 17.3. The maximum atomic E-state index is 12.7. The molecule has 2 fully saturated rings. The predicted octanol–water partition coefficient (Wildman–Crippen LogP) is 1.63. The van der Waals surface area contributed by atoms with Crippen LogP contribution in [0.2, 0.25) is 0 Å². The highest BCUT2D eigenvalue weighted by Crippen LogP contribution is 2.63. The van der Waals surface area contributed by atoms with Gasteiger partial charge in [0.25, 0.3) is 0 Å². The minimum absolute atomic E-state index is 0.320. The molecule has 1 saturated carbocycles. The zero-order chi connectivity index (χ0) is 14.2. The van der Waals surface area contributed by atoms with Gasteiger partial charge >= 0.3 is 11.9 Å². The quantitative estimate of drug-likeness (QED) is 0.538. The summed E-state index contributed by atoms with van der Waals surface area (Å²) in [6.45, 7) is 3.14. The zero-order valence-electron chi connectivity index (χ0n) is 11.5. The standard InChI is InChI=1S/C15H16O5/c1-9(16)18-11-8-13(2)10-4-7-14(19-10)5-3-6-15(11,14)12(17)20-13/h4,7-8,10H,3,5-6H2,1-2H3/t10-,13+,14+,15+/m0/s1. The number of esters is 2. The van der Waals surface area contributed by atoms with Gasteiger partial charge in [0.15, 0.2) is 11.0 Å². The molecular formula is C15H16O5. The fourth-order valence-electron chi connectivity index (χ4n) is 4.10. The van der Waals surface area contributed by atoms with Gasteiger partial charge in [-0.3, -0.25) is 9.59 Å². The molecule has 5 heteroatoms. The molecule has 5 rings (SSSR count). The van der Waals surface area contributed by atoms with Crippen LogP contribution in [0.1, 0.15) is 33.1 Å². The lowest BCUT2D eigenvalue weighted by Gasteiger charge is -2.42. The first-order valence-corrected chi connectivity index (χ1v) is 6.94. The van der Waals surface area contributed by atoms with Gasteiger partial charge < -0.3 is 14.2 Å². The number of carbonyl (C=O) groups excluding carboxylic acids is 2. The van der Waals surface area contributed by atoms with Gasteiger partial charge in [0.1, 0.15) is 17.5 Å². The van der Waals surface area contributed by atoms with E-state index in [1.54, 1.807) is 13.0 Å². The van der Waals surface area contributed by atoms with Crippen LogP contribution in [0.5, 0.6) is 0 Å². The van der Waals surface area contributed by atoms with Gasteiger partial charge in [0.2, 0.25) is 0 Å². The van der Waals surface area contributed by atoms with Crippen LogP contribution in [0.25, 0.3) is 0 Å². The van der Waals surface area contributed by atoms with E-state index in [0.717, 1.165) is 12.8 Å². The lowest BCUT2D eigenvalue weighted by Crippen LogP contribution is -2.53. The zero-order valence-corrected chi connectivity index (χ0v) is 11.5. The summed E-state index contributed by atoms with van der Waals surface area (Å²) in [5.74, 6) is -0.340. The molecule has 0 unspecified atom stereocenters. The highest BCUT2D eigenvalue weighted by Gasteiger charge is 2.72. The van der Waals surface area contributed by atoms with Crippen LogP contribution in [-0.2, 0) is 23.8 Å². The molecule has 1 saturated heterocycles. The summed E-state index contributed by atoms with van der Waals surface area (Å²) in [6.07, 6.45) is 7.54. The summed E-state index contributed by atoms with van der Waals surface area (Å²) in [5.41, 5.74) is -2.62.